The molecule has 0 heterocycles. The molecule has 0 spiro atoms. The molecule has 4 heteroatoms. The van der Waals surface area contributed by atoms with E-state index in [1.807, 2.05) is 0 Å². The average molecular weight is 221 g/mol. The van der Waals surface area contributed by atoms with Gasteiger partial charge in [-0.25, -0.2) is 4.79 Å². The second-order valence-electron chi connectivity index (χ2n) is 3.65. The van der Waals surface area contributed by atoms with Crippen molar-refractivity contribution in [3.63, 3.8) is 0 Å². The van der Waals surface area contributed by atoms with Crippen LogP contribution < -0.4 is 0 Å². The summed E-state index contributed by atoms with van der Waals surface area (Å²) in [4.78, 5) is 23.5. The Labute approximate surface area is 94.5 Å². The summed E-state index contributed by atoms with van der Waals surface area (Å²) >= 11 is 0. The minimum atomic E-state index is -0.930. The minimum Gasteiger partial charge on any atom is -0.478 e. The molecule has 0 saturated heterocycles. The summed E-state index contributed by atoms with van der Waals surface area (Å²) in [6, 6.07) is 6.85. The molecule has 0 atom stereocenters. The number of benzene rings is 1. The van der Waals surface area contributed by atoms with Gasteiger partial charge in [-0.2, -0.15) is 0 Å². The summed E-state index contributed by atoms with van der Waals surface area (Å²) in [6.45, 7) is 2.02. The molecule has 0 unspecified atom stereocenters. The van der Waals surface area contributed by atoms with E-state index in [-0.39, 0.29) is 5.91 Å². The minimum absolute atomic E-state index is 0.0205. The molecule has 86 valence electrons. The highest BCUT2D eigenvalue weighted by atomic mass is 16.4. The Morgan fingerprint density at radius 2 is 1.94 bits per heavy atom. The van der Waals surface area contributed by atoms with E-state index in [9.17, 15) is 9.59 Å². The summed E-state index contributed by atoms with van der Waals surface area (Å²) in [5.74, 6) is -0.950. The SMILES string of the molecule is CC(=O)N(C)CCc1ccccc1C(=O)O. The number of carbonyl (C=O) groups excluding carboxylic acids is 1. The summed E-state index contributed by atoms with van der Waals surface area (Å²) in [7, 11) is 1.70. The predicted octanol–water partition coefficient (Wildman–Crippen LogP) is 1.41. The Bertz CT molecular complexity index is 401. The normalized spacial score (nSPS) is 9.88. The fourth-order valence-electron chi connectivity index (χ4n) is 1.39. The van der Waals surface area contributed by atoms with E-state index in [0.29, 0.717) is 18.5 Å². The molecule has 0 aliphatic rings. The molecule has 1 aromatic rings. The van der Waals surface area contributed by atoms with Crippen LogP contribution in [0.4, 0.5) is 0 Å². The smallest absolute Gasteiger partial charge is 0.335 e. The lowest BCUT2D eigenvalue weighted by molar-refractivity contribution is -0.127. The first-order chi connectivity index (χ1) is 7.52. The molecule has 0 fully saturated rings. The van der Waals surface area contributed by atoms with Gasteiger partial charge in [-0.1, -0.05) is 18.2 Å². The van der Waals surface area contributed by atoms with E-state index in [2.05, 4.69) is 0 Å². The first-order valence-corrected chi connectivity index (χ1v) is 5.05. The third-order valence-electron chi connectivity index (χ3n) is 2.50. The third-order valence-corrected chi connectivity index (χ3v) is 2.50. The van der Waals surface area contributed by atoms with Crippen molar-refractivity contribution < 1.29 is 14.7 Å². The predicted molar refractivity (Wildman–Crippen MR) is 60.4 cm³/mol. The summed E-state index contributed by atoms with van der Waals surface area (Å²) in [5.41, 5.74) is 1.06. The zero-order valence-corrected chi connectivity index (χ0v) is 9.43. The van der Waals surface area contributed by atoms with Gasteiger partial charge in [-0.3, -0.25) is 4.79 Å². The molecular weight excluding hydrogens is 206 g/mol. The topological polar surface area (TPSA) is 57.6 Å². The standard InChI is InChI=1S/C12H15NO3/c1-9(14)13(2)8-7-10-5-3-4-6-11(10)12(15)16/h3-6H,7-8H2,1-2H3,(H,15,16). The van der Waals surface area contributed by atoms with Crippen molar-refractivity contribution in [2.45, 2.75) is 13.3 Å². The summed E-state index contributed by atoms with van der Waals surface area (Å²) in [6.07, 6.45) is 0.554. The van der Waals surface area contributed by atoms with Crippen LogP contribution in [-0.2, 0) is 11.2 Å². The Hall–Kier alpha value is -1.84. The second kappa shape index (κ2) is 5.30. The van der Waals surface area contributed by atoms with Gasteiger partial charge in [0.05, 0.1) is 5.56 Å². The van der Waals surface area contributed by atoms with E-state index in [0.717, 1.165) is 5.56 Å². The first kappa shape index (κ1) is 12.2. The number of carboxylic acids is 1. The van der Waals surface area contributed by atoms with Crippen LogP contribution in [0, 0.1) is 0 Å². The number of carboxylic acid groups (broad SMARTS) is 1. The number of carbonyl (C=O) groups is 2. The van der Waals surface area contributed by atoms with Crippen molar-refractivity contribution in [1.29, 1.82) is 0 Å². The molecule has 1 N–H and O–H groups in total. The van der Waals surface area contributed by atoms with Crippen molar-refractivity contribution in [2.75, 3.05) is 13.6 Å². The Morgan fingerprint density at radius 1 is 1.31 bits per heavy atom. The molecule has 16 heavy (non-hydrogen) atoms. The van der Waals surface area contributed by atoms with E-state index < -0.39 is 5.97 Å². The van der Waals surface area contributed by atoms with Crippen LogP contribution in [0.15, 0.2) is 24.3 Å². The van der Waals surface area contributed by atoms with Crippen molar-refractivity contribution in [1.82, 2.24) is 4.90 Å². The summed E-state index contributed by atoms with van der Waals surface area (Å²) in [5, 5.41) is 8.96. The van der Waals surface area contributed by atoms with Gasteiger partial charge in [-0.15, -0.1) is 0 Å². The molecule has 0 aliphatic carbocycles. The number of hydrogen-bond acceptors (Lipinski definition) is 2. The Balaban J connectivity index is 2.74. The number of hydrogen-bond donors (Lipinski definition) is 1. The molecule has 0 saturated carbocycles. The third kappa shape index (κ3) is 3.08. The van der Waals surface area contributed by atoms with Crippen LogP contribution in [0.2, 0.25) is 0 Å². The van der Waals surface area contributed by atoms with Gasteiger partial charge in [0.15, 0.2) is 0 Å². The maximum Gasteiger partial charge on any atom is 0.335 e. The van der Waals surface area contributed by atoms with Crippen LogP contribution in [0.5, 0.6) is 0 Å². The largest absolute Gasteiger partial charge is 0.478 e. The van der Waals surface area contributed by atoms with Crippen LogP contribution >= 0.6 is 0 Å². The van der Waals surface area contributed by atoms with Crippen molar-refractivity contribution >= 4 is 11.9 Å². The number of amides is 1. The molecule has 0 radical (unpaired) electrons. The number of rotatable bonds is 4. The van der Waals surface area contributed by atoms with Gasteiger partial charge < -0.3 is 10.0 Å². The van der Waals surface area contributed by atoms with Crippen molar-refractivity contribution in [2.24, 2.45) is 0 Å². The molecule has 0 bridgehead atoms. The van der Waals surface area contributed by atoms with Crippen LogP contribution in [0.3, 0.4) is 0 Å². The molecule has 1 aromatic carbocycles. The van der Waals surface area contributed by atoms with Gasteiger partial charge in [-0.05, 0) is 18.1 Å². The lowest BCUT2D eigenvalue weighted by Gasteiger charge is -2.15. The van der Waals surface area contributed by atoms with E-state index >= 15 is 0 Å². The molecule has 0 aromatic heterocycles. The number of nitrogens with zero attached hydrogens (tertiary/aromatic N) is 1. The Kier molecular flexibility index (Phi) is 4.05. The second-order valence-corrected chi connectivity index (χ2v) is 3.65. The number of likely N-dealkylation sites (N-methyl/N-ethyl adjacent to an activating group) is 1. The van der Waals surface area contributed by atoms with Gasteiger partial charge in [0.25, 0.3) is 0 Å². The lowest BCUT2D eigenvalue weighted by Crippen LogP contribution is -2.26. The monoisotopic (exact) mass is 221 g/mol. The van der Waals surface area contributed by atoms with E-state index in [1.165, 1.54) is 6.92 Å². The maximum atomic E-state index is 11.0. The lowest BCUT2D eigenvalue weighted by atomic mass is 10.0. The average Bonchev–Trinajstić information content (AvgIpc) is 2.25. The van der Waals surface area contributed by atoms with Crippen molar-refractivity contribution in [3.8, 4) is 0 Å². The van der Waals surface area contributed by atoms with Gasteiger partial charge in [0, 0.05) is 20.5 Å². The summed E-state index contributed by atoms with van der Waals surface area (Å²) < 4.78 is 0. The van der Waals surface area contributed by atoms with Gasteiger partial charge in [0.1, 0.15) is 0 Å². The van der Waals surface area contributed by atoms with Crippen LogP contribution in [0.1, 0.15) is 22.8 Å². The molecule has 0 aliphatic heterocycles. The highest BCUT2D eigenvalue weighted by Crippen LogP contribution is 2.09. The molecule has 1 amide bonds. The Morgan fingerprint density at radius 3 is 2.50 bits per heavy atom. The number of aromatic carboxylic acids is 1. The van der Waals surface area contributed by atoms with Crippen LogP contribution in [-0.4, -0.2) is 35.5 Å². The molecule has 4 nitrogen and oxygen atoms in total. The van der Waals surface area contributed by atoms with Gasteiger partial charge >= 0.3 is 5.97 Å². The fraction of sp³-hybridized carbons (Fsp3) is 0.333. The zero-order chi connectivity index (χ0) is 12.1. The first-order valence-electron chi connectivity index (χ1n) is 5.05. The quantitative estimate of drug-likeness (QED) is 0.836. The maximum absolute atomic E-state index is 11.0. The van der Waals surface area contributed by atoms with Crippen molar-refractivity contribution in [3.05, 3.63) is 35.4 Å². The fourth-order valence-corrected chi connectivity index (χ4v) is 1.39. The van der Waals surface area contributed by atoms with Crippen LogP contribution in [0.25, 0.3) is 0 Å². The highest BCUT2D eigenvalue weighted by Gasteiger charge is 2.10. The molecule has 1 rings (SSSR count). The van der Waals surface area contributed by atoms with Gasteiger partial charge in [0.2, 0.25) is 5.91 Å². The molecular formula is C12H15NO3. The highest BCUT2D eigenvalue weighted by molar-refractivity contribution is 5.89. The van der Waals surface area contributed by atoms with E-state index in [1.54, 1.807) is 36.2 Å². The zero-order valence-electron chi connectivity index (χ0n) is 9.43. The van der Waals surface area contributed by atoms with E-state index in [4.69, 9.17) is 5.11 Å².